The van der Waals surface area contributed by atoms with E-state index in [1.54, 1.807) is 16.0 Å². The van der Waals surface area contributed by atoms with Crippen molar-refractivity contribution in [2.24, 2.45) is 0 Å². The van der Waals surface area contributed by atoms with Gasteiger partial charge in [0.05, 0.1) is 50.5 Å². The van der Waals surface area contributed by atoms with E-state index in [1.807, 2.05) is 54.0 Å². The van der Waals surface area contributed by atoms with E-state index < -0.39 is 12.2 Å². The molecule has 2 heterocycles. The summed E-state index contributed by atoms with van der Waals surface area (Å²) in [6.45, 7) is 1.12. The van der Waals surface area contributed by atoms with Crippen LogP contribution in [-0.2, 0) is 22.3 Å². The average Bonchev–Trinajstić information content (AvgIpc) is 3.55. The maximum atomic E-state index is 10.2. The number of aromatic nitrogens is 3. The molecular weight excluding hydrogens is 450 g/mol. The lowest BCUT2D eigenvalue weighted by atomic mass is 10.0. The highest BCUT2D eigenvalue weighted by Crippen LogP contribution is 2.20. The number of nitrogens with zero attached hydrogens (tertiary/aromatic N) is 3. The van der Waals surface area contributed by atoms with Crippen molar-refractivity contribution in [3.05, 3.63) is 89.6 Å². The first kappa shape index (κ1) is 24.3. The normalized spacial score (nSPS) is 13.1. The van der Waals surface area contributed by atoms with Gasteiger partial charge in [-0.15, -0.1) is 16.4 Å². The van der Waals surface area contributed by atoms with Gasteiger partial charge >= 0.3 is 0 Å². The molecule has 0 bridgehead atoms. The van der Waals surface area contributed by atoms with Gasteiger partial charge in [0.1, 0.15) is 5.00 Å². The van der Waals surface area contributed by atoms with E-state index >= 15 is 0 Å². The largest absolute Gasteiger partial charge is 0.390 e. The minimum Gasteiger partial charge on any atom is -0.390 e. The topological polar surface area (TPSA) is 89.6 Å². The molecule has 0 aliphatic rings. The van der Waals surface area contributed by atoms with Crippen molar-refractivity contribution in [2.45, 2.75) is 25.0 Å². The first-order valence-corrected chi connectivity index (χ1v) is 12.2. The standard InChI is InChI=1S/C26H29N3O4S/c30-24(15-20-8-10-22(11-9-20)21-5-2-1-3-6-21)18-32-12-13-33-19-25(31)16-23-17-29(28-27-23)26-7-4-14-34-26/h1-11,14,17,24-25,30-31H,12-13,15-16,18-19H2/t24-,25-/m0/s1. The minimum absolute atomic E-state index is 0.186. The molecule has 4 rings (SSSR count). The number of ether oxygens (including phenoxy) is 2. The Balaban J connectivity index is 1.08. The van der Waals surface area contributed by atoms with Crippen LogP contribution in [0.15, 0.2) is 78.3 Å². The summed E-state index contributed by atoms with van der Waals surface area (Å²) in [6.07, 6.45) is 1.46. The highest BCUT2D eigenvalue weighted by molar-refractivity contribution is 7.12. The van der Waals surface area contributed by atoms with Crippen LogP contribution in [0.3, 0.4) is 0 Å². The number of benzene rings is 2. The Labute approximate surface area is 203 Å². The maximum absolute atomic E-state index is 10.2. The first-order chi connectivity index (χ1) is 16.7. The SMILES string of the molecule is O[C@H](COCCOC[C@@H](O)Cc1cn(-c2cccs2)nn1)Cc1ccc(-c2ccccc2)cc1. The molecule has 2 aromatic carbocycles. The summed E-state index contributed by atoms with van der Waals surface area (Å²) in [7, 11) is 0. The van der Waals surface area contributed by atoms with Gasteiger partial charge in [0, 0.05) is 12.8 Å². The zero-order valence-electron chi connectivity index (χ0n) is 18.9. The summed E-state index contributed by atoms with van der Waals surface area (Å²) in [5.41, 5.74) is 4.10. The fourth-order valence-corrected chi connectivity index (χ4v) is 4.20. The molecule has 0 radical (unpaired) electrons. The molecule has 0 saturated carbocycles. The third kappa shape index (κ3) is 7.31. The highest BCUT2D eigenvalue weighted by atomic mass is 32.1. The summed E-state index contributed by atoms with van der Waals surface area (Å²) >= 11 is 1.57. The molecule has 7 nitrogen and oxygen atoms in total. The predicted octanol–water partition coefficient (Wildman–Crippen LogP) is 3.54. The minimum atomic E-state index is -0.669. The van der Waals surface area contributed by atoms with E-state index in [-0.39, 0.29) is 13.2 Å². The maximum Gasteiger partial charge on any atom is 0.119 e. The molecule has 2 atom stereocenters. The number of thiophene rings is 1. The van der Waals surface area contributed by atoms with Crippen LogP contribution in [0.4, 0.5) is 0 Å². The monoisotopic (exact) mass is 479 g/mol. The lowest BCUT2D eigenvalue weighted by Gasteiger charge is -2.13. The van der Waals surface area contributed by atoms with Gasteiger partial charge < -0.3 is 19.7 Å². The Bertz CT molecular complexity index is 1100. The summed E-state index contributed by atoms with van der Waals surface area (Å²) in [4.78, 5) is 0. The number of rotatable bonds is 13. The number of hydrogen-bond donors (Lipinski definition) is 2. The van der Waals surface area contributed by atoms with E-state index in [0.717, 1.165) is 16.1 Å². The van der Waals surface area contributed by atoms with Crippen LogP contribution in [0.25, 0.3) is 16.1 Å². The van der Waals surface area contributed by atoms with Crippen LogP contribution in [-0.4, -0.2) is 63.8 Å². The van der Waals surface area contributed by atoms with Crippen LogP contribution in [0.2, 0.25) is 0 Å². The molecule has 2 aromatic heterocycles. The quantitative estimate of drug-likeness (QED) is 0.285. The second-order valence-corrected chi connectivity index (χ2v) is 8.96. The van der Waals surface area contributed by atoms with Crippen molar-refractivity contribution < 1.29 is 19.7 Å². The molecular formula is C26H29N3O4S. The molecule has 4 aromatic rings. The van der Waals surface area contributed by atoms with Crippen molar-refractivity contribution in [2.75, 3.05) is 26.4 Å². The fraction of sp³-hybridized carbons (Fsp3) is 0.308. The summed E-state index contributed by atoms with van der Waals surface area (Å²) in [6, 6.07) is 22.3. The van der Waals surface area contributed by atoms with Crippen LogP contribution in [0.5, 0.6) is 0 Å². The summed E-state index contributed by atoms with van der Waals surface area (Å²) in [5.74, 6) is 0. The second kappa shape index (κ2) is 12.5. The van der Waals surface area contributed by atoms with Crippen LogP contribution < -0.4 is 0 Å². The van der Waals surface area contributed by atoms with Crippen LogP contribution in [0, 0.1) is 0 Å². The number of hydrogen-bond acceptors (Lipinski definition) is 7. The Hall–Kier alpha value is -2.88. The van der Waals surface area contributed by atoms with E-state index in [0.29, 0.717) is 31.7 Å². The van der Waals surface area contributed by atoms with Crippen molar-refractivity contribution in [1.82, 2.24) is 15.0 Å². The van der Waals surface area contributed by atoms with Crippen LogP contribution >= 0.6 is 11.3 Å². The van der Waals surface area contributed by atoms with Gasteiger partial charge in [-0.25, -0.2) is 4.68 Å². The number of aliphatic hydroxyl groups is 2. The van der Waals surface area contributed by atoms with Crippen molar-refractivity contribution in [3.63, 3.8) is 0 Å². The lowest BCUT2D eigenvalue weighted by molar-refractivity contribution is -0.0165. The van der Waals surface area contributed by atoms with E-state index in [1.165, 1.54) is 5.56 Å². The Morgan fingerprint density at radius 3 is 2.15 bits per heavy atom. The van der Waals surface area contributed by atoms with Gasteiger partial charge in [0.2, 0.25) is 0 Å². The van der Waals surface area contributed by atoms with E-state index in [9.17, 15) is 10.2 Å². The molecule has 0 amide bonds. The van der Waals surface area contributed by atoms with Gasteiger partial charge in [-0.05, 0) is 34.2 Å². The third-order valence-corrected chi connectivity index (χ3v) is 6.10. The van der Waals surface area contributed by atoms with Crippen molar-refractivity contribution in [3.8, 4) is 16.1 Å². The molecule has 8 heteroatoms. The van der Waals surface area contributed by atoms with E-state index in [2.05, 4.69) is 34.6 Å². The fourth-order valence-electron chi connectivity index (χ4n) is 3.55. The molecule has 0 aliphatic carbocycles. The first-order valence-electron chi connectivity index (χ1n) is 11.3. The summed E-state index contributed by atoms with van der Waals surface area (Å²) in [5, 5.41) is 31.5. The molecule has 0 spiro atoms. The Morgan fingerprint density at radius 2 is 1.47 bits per heavy atom. The molecule has 0 aliphatic heterocycles. The van der Waals surface area contributed by atoms with Gasteiger partial charge in [0.25, 0.3) is 0 Å². The van der Waals surface area contributed by atoms with E-state index in [4.69, 9.17) is 9.47 Å². The van der Waals surface area contributed by atoms with Crippen LogP contribution in [0.1, 0.15) is 11.3 Å². The molecule has 178 valence electrons. The zero-order valence-corrected chi connectivity index (χ0v) is 19.7. The predicted molar refractivity (Wildman–Crippen MR) is 132 cm³/mol. The van der Waals surface area contributed by atoms with Gasteiger partial charge in [-0.1, -0.05) is 59.8 Å². The van der Waals surface area contributed by atoms with Gasteiger partial charge in [-0.2, -0.15) is 0 Å². The molecule has 2 N–H and O–H groups in total. The smallest absolute Gasteiger partial charge is 0.119 e. The third-order valence-electron chi connectivity index (χ3n) is 5.24. The molecule has 0 saturated heterocycles. The lowest BCUT2D eigenvalue weighted by Crippen LogP contribution is -2.22. The summed E-state index contributed by atoms with van der Waals surface area (Å²) < 4.78 is 12.7. The molecule has 0 unspecified atom stereocenters. The van der Waals surface area contributed by atoms with Crippen molar-refractivity contribution >= 4 is 11.3 Å². The number of aliphatic hydroxyl groups excluding tert-OH is 2. The zero-order chi connectivity index (χ0) is 23.6. The Kier molecular flexibility index (Phi) is 8.95. The Morgan fingerprint density at radius 1 is 0.794 bits per heavy atom. The van der Waals surface area contributed by atoms with Gasteiger partial charge in [0.15, 0.2) is 0 Å². The van der Waals surface area contributed by atoms with Gasteiger partial charge in [-0.3, -0.25) is 0 Å². The molecule has 0 fully saturated rings. The highest BCUT2D eigenvalue weighted by Gasteiger charge is 2.11. The average molecular weight is 480 g/mol. The molecule has 34 heavy (non-hydrogen) atoms. The van der Waals surface area contributed by atoms with Crippen molar-refractivity contribution in [1.29, 1.82) is 0 Å². The second-order valence-electron chi connectivity index (χ2n) is 8.03.